The molecule has 16 heavy (non-hydrogen) atoms. The number of hydrogen-bond donors (Lipinski definition) is 1. The molecule has 0 aromatic carbocycles. The van der Waals surface area contributed by atoms with E-state index in [9.17, 15) is 0 Å². The van der Waals surface area contributed by atoms with Crippen molar-refractivity contribution >= 4 is 5.82 Å². The molecule has 2 N–H and O–H groups in total. The Balaban J connectivity index is 2.48. The number of aryl methyl sites for hydroxylation is 1. The highest BCUT2D eigenvalue weighted by atomic mass is 16.5. The molecule has 0 saturated heterocycles. The van der Waals surface area contributed by atoms with Gasteiger partial charge in [0.2, 0.25) is 0 Å². The molecule has 1 aliphatic rings. The van der Waals surface area contributed by atoms with E-state index in [1.165, 1.54) is 0 Å². The molecule has 0 bridgehead atoms. The van der Waals surface area contributed by atoms with Crippen LogP contribution >= 0.6 is 0 Å². The fraction of sp³-hybridized carbons (Fsp3) is 0.545. The highest BCUT2D eigenvalue weighted by molar-refractivity contribution is 5.50. The van der Waals surface area contributed by atoms with Gasteiger partial charge in [0.1, 0.15) is 23.1 Å². The summed E-state index contributed by atoms with van der Waals surface area (Å²) in [6, 6.07) is 2.01. The van der Waals surface area contributed by atoms with Crippen LogP contribution in [0, 0.1) is 18.3 Å². The van der Waals surface area contributed by atoms with Gasteiger partial charge in [-0.05, 0) is 26.2 Å². The molecule has 5 heteroatoms. The zero-order valence-corrected chi connectivity index (χ0v) is 9.45. The largest absolute Gasteiger partial charge is 0.382 e. The first-order valence-corrected chi connectivity index (χ1v) is 5.23. The number of anilines is 1. The van der Waals surface area contributed by atoms with E-state index >= 15 is 0 Å². The van der Waals surface area contributed by atoms with Crippen molar-refractivity contribution in [2.24, 2.45) is 0 Å². The van der Waals surface area contributed by atoms with E-state index in [2.05, 4.69) is 9.97 Å². The summed E-state index contributed by atoms with van der Waals surface area (Å²) in [5.41, 5.74) is 6.33. The van der Waals surface area contributed by atoms with Crippen LogP contribution < -0.4 is 5.73 Å². The summed E-state index contributed by atoms with van der Waals surface area (Å²) in [6.07, 6.45) is 2.93. The van der Waals surface area contributed by atoms with Crippen molar-refractivity contribution in [2.75, 3.05) is 12.8 Å². The Hall–Kier alpha value is -1.67. The van der Waals surface area contributed by atoms with Gasteiger partial charge in [-0.3, -0.25) is 0 Å². The minimum Gasteiger partial charge on any atom is -0.382 e. The molecule has 5 nitrogen and oxygen atoms in total. The lowest BCUT2D eigenvalue weighted by molar-refractivity contribution is -0.0846. The van der Waals surface area contributed by atoms with Gasteiger partial charge < -0.3 is 10.5 Å². The van der Waals surface area contributed by atoms with Crippen LogP contribution in [-0.2, 0) is 10.3 Å². The Morgan fingerprint density at radius 2 is 2.12 bits per heavy atom. The number of nitrogen functional groups attached to an aromatic ring is 1. The van der Waals surface area contributed by atoms with Crippen molar-refractivity contribution in [3.8, 4) is 6.07 Å². The first-order valence-electron chi connectivity index (χ1n) is 5.23. The summed E-state index contributed by atoms with van der Waals surface area (Å²) in [7, 11) is 1.66. The zero-order chi connectivity index (χ0) is 11.8. The van der Waals surface area contributed by atoms with Crippen molar-refractivity contribution < 1.29 is 4.74 Å². The van der Waals surface area contributed by atoms with Gasteiger partial charge in [0.05, 0.1) is 5.69 Å². The number of nitriles is 1. The first-order chi connectivity index (χ1) is 7.63. The second kappa shape index (κ2) is 3.72. The first kappa shape index (κ1) is 10.8. The summed E-state index contributed by atoms with van der Waals surface area (Å²) < 4.78 is 5.48. The van der Waals surface area contributed by atoms with Gasteiger partial charge in [0.25, 0.3) is 0 Å². The van der Waals surface area contributed by atoms with Gasteiger partial charge in [-0.25, -0.2) is 9.97 Å². The summed E-state index contributed by atoms with van der Waals surface area (Å²) in [6.45, 7) is 1.77. The SMILES string of the molecule is COC1(c2nc(C)c(C#N)c(N)n2)CCC1. The maximum Gasteiger partial charge on any atom is 0.162 e. The van der Waals surface area contributed by atoms with Gasteiger partial charge in [-0.15, -0.1) is 0 Å². The lowest BCUT2D eigenvalue weighted by atomic mass is 9.79. The molecule has 1 aromatic heterocycles. The zero-order valence-electron chi connectivity index (χ0n) is 9.45. The van der Waals surface area contributed by atoms with Crippen LogP contribution in [0.25, 0.3) is 0 Å². The van der Waals surface area contributed by atoms with Crippen LogP contribution in [0.3, 0.4) is 0 Å². The lowest BCUT2D eigenvalue weighted by Crippen LogP contribution is -2.38. The van der Waals surface area contributed by atoms with Crippen LogP contribution in [0.2, 0.25) is 0 Å². The third-order valence-electron chi connectivity index (χ3n) is 3.19. The van der Waals surface area contributed by atoms with Crippen LogP contribution in [-0.4, -0.2) is 17.1 Å². The van der Waals surface area contributed by atoms with E-state index in [1.54, 1.807) is 14.0 Å². The summed E-state index contributed by atoms with van der Waals surface area (Å²) in [4.78, 5) is 8.52. The molecular weight excluding hydrogens is 204 g/mol. The van der Waals surface area contributed by atoms with Crippen molar-refractivity contribution in [2.45, 2.75) is 31.8 Å². The van der Waals surface area contributed by atoms with Gasteiger partial charge in [0.15, 0.2) is 5.82 Å². The topological polar surface area (TPSA) is 84.8 Å². The average Bonchev–Trinajstić information content (AvgIpc) is 2.16. The summed E-state index contributed by atoms with van der Waals surface area (Å²) in [5, 5.41) is 8.88. The van der Waals surface area contributed by atoms with Crippen LogP contribution in [0.15, 0.2) is 0 Å². The van der Waals surface area contributed by atoms with Crippen LogP contribution in [0.1, 0.15) is 36.3 Å². The predicted octanol–water partition coefficient (Wildman–Crippen LogP) is 1.26. The molecule has 0 amide bonds. The number of nitrogens with two attached hydrogens (primary N) is 1. The Morgan fingerprint density at radius 3 is 2.50 bits per heavy atom. The molecule has 2 rings (SSSR count). The molecule has 1 fully saturated rings. The van der Waals surface area contributed by atoms with Gasteiger partial charge in [-0.2, -0.15) is 5.26 Å². The fourth-order valence-corrected chi connectivity index (χ4v) is 1.95. The maximum absolute atomic E-state index is 8.88. The van der Waals surface area contributed by atoms with Crippen LogP contribution in [0.5, 0.6) is 0 Å². The lowest BCUT2D eigenvalue weighted by Gasteiger charge is -2.38. The molecule has 1 aliphatic carbocycles. The summed E-state index contributed by atoms with van der Waals surface area (Å²) >= 11 is 0. The van der Waals surface area contributed by atoms with Crippen molar-refractivity contribution in [3.05, 3.63) is 17.1 Å². The molecule has 1 heterocycles. The van der Waals surface area contributed by atoms with E-state index in [0.29, 0.717) is 17.1 Å². The van der Waals surface area contributed by atoms with Crippen LogP contribution in [0.4, 0.5) is 5.82 Å². The third kappa shape index (κ3) is 1.42. The number of hydrogen-bond acceptors (Lipinski definition) is 5. The number of nitrogens with zero attached hydrogens (tertiary/aromatic N) is 3. The Kier molecular flexibility index (Phi) is 2.52. The minimum absolute atomic E-state index is 0.244. The summed E-state index contributed by atoms with van der Waals surface area (Å²) in [5.74, 6) is 0.851. The molecule has 0 spiro atoms. The second-order valence-electron chi connectivity index (χ2n) is 4.06. The van der Waals surface area contributed by atoms with Crippen molar-refractivity contribution in [1.29, 1.82) is 5.26 Å². The molecule has 1 aromatic rings. The molecule has 0 radical (unpaired) electrons. The highest BCUT2D eigenvalue weighted by Gasteiger charge is 2.42. The van der Waals surface area contributed by atoms with Gasteiger partial charge >= 0.3 is 0 Å². The number of rotatable bonds is 2. The molecular formula is C11H14N4O. The number of methoxy groups -OCH3 is 1. The standard InChI is InChI=1S/C11H14N4O/c1-7-8(6-12)9(13)15-10(14-7)11(16-2)4-3-5-11/h3-5H2,1-2H3,(H2,13,14,15). The molecule has 0 aliphatic heterocycles. The second-order valence-corrected chi connectivity index (χ2v) is 4.06. The molecule has 0 atom stereocenters. The Labute approximate surface area is 94.3 Å². The van der Waals surface area contributed by atoms with E-state index in [1.807, 2.05) is 6.07 Å². The predicted molar refractivity (Wildman–Crippen MR) is 58.4 cm³/mol. The monoisotopic (exact) mass is 218 g/mol. The van der Waals surface area contributed by atoms with E-state index in [4.69, 9.17) is 15.7 Å². The van der Waals surface area contributed by atoms with Gasteiger partial charge in [-0.1, -0.05) is 0 Å². The van der Waals surface area contributed by atoms with Crippen molar-refractivity contribution in [1.82, 2.24) is 9.97 Å². The normalized spacial score (nSPS) is 17.6. The van der Waals surface area contributed by atoms with Gasteiger partial charge in [0, 0.05) is 7.11 Å². The minimum atomic E-state index is -0.382. The average molecular weight is 218 g/mol. The fourth-order valence-electron chi connectivity index (χ4n) is 1.95. The smallest absolute Gasteiger partial charge is 0.162 e. The quantitative estimate of drug-likeness (QED) is 0.807. The molecule has 0 unspecified atom stereocenters. The number of aromatic nitrogens is 2. The Bertz CT molecular complexity index is 431. The maximum atomic E-state index is 8.88. The highest BCUT2D eigenvalue weighted by Crippen LogP contribution is 2.42. The molecule has 84 valence electrons. The third-order valence-corrected chi connectivity index (χ3v) is 3.19. The van der Waals surface area contributed by atoms with E-state index in [-0.39, 0.29) is 11.4 Å². The van der Waals surface area contributed by atoms with E-state index in [0.717, 1.165) is 19.3 Å². The Morgan fingerprint density at radius 1 is 1.44 bits per heavy atom. The van der Waals surface area contributed by atoms with E-state index < -0.39 is 0 Å². The number of ether oxygens (including phenoxy) is 1. The van der Waals surface area contributed by atoms with Crippen molar-refractivity contribution in [3.63, 3.8) is 0 Å². The molecule has 1 saturated carbocycles.